The van der Waals surface area contributed by atoms with Crippen molar-refractivity contribution in [3.63, 3.8) is 0 Å². The highest BCUT2D eigenvalue weighted by Gasteiger charge is 2.34. The number of fused-ring (bicyclic) bond motifs is 1. The molecule has 3 heterocycles. The molecule has 1 atom stereocenters. The Bertz CT molecular complexity index is 1420. The second-order valence-corrected chi connectivity index (χ2v) is 9.08. The summed E-state index contributed by atoms with van der Waals surface area (Å²) in [5.41, 5.74) is -0.898. The maximum atomic E-state index is 15.2. The maximum Gasteiger partial charge on any atom is 0.414 e. The average molecular weight is 514 g/mol. The summed E-state index contributed by atoms with van der Waals surface area (Å²) >= 11 is 0. The molecule has 1 amide bonds. The normalized spacial score (nSPS) is 17.5. The summed E-state index contributed by atoms with van der Waals surface area (Å²) in [4.78, 5) is 52.0. The van der Waals surface area contributed by atoms with Gasteiger partial charge in [0.05, 0.1) is 31.0 Å². The molecule has 0 N–H and O–H groups in total. The lowest BCUT2D eigenvalue weighted by molar-refractivity contribution is -0.117. The van der Waals surface area contributed by atoms with Crippen LogP contribution in [0.15, 0.2) is 52.1 Å². The number of para-hydroxylation sites is 1. The van der Waals surface area contributed by atoms with Crippen LogP contribution < -0.4 is 21.2 Å². The van der Waals surface area contributed by atoms with Gasteiger partial charge in [-0.05, 0) is 25.5 Å². The number of benzene rings is 2. The molecule has 3 aromatic rings. The lowest BCUT2D eigenvalue weighted by Gasteiger charge is -2.24. The molecule has 0 saturated carbocycles. The van der Waals surface area contributed by atoms with Crippen molar-refractivity contribution < 1.29 is 23.1 Å². The molecule has 2 aliphatic rings. The van der Waals surface area contributed by atoms with E-state index in [4.69, 9.17) is 4.74 Å². The van der Waals surface area contributed by atoms with E-state index in [1.54, 1.807) is 30.3 Å². The van der Waals surface area contributed by atoms with Crippen LogP contribution in [-0.4, -0.2) is 51.5 Å². The number of carbonyl (C=O) groups is 2. The zero-order chi connectivity index (χ0) is 26.3. The Labute approximate surface area is 209 Å². The number of cyclic esters (lactones) is 1. The number of ketones is 1. The summed E-state index contributed by atoms with van der Waals surface area (Å²) in [7, 11) is 0. The fourth-order valence-electron chi connectivity index (χ4n) is 4.77. The minimum absolute atomic E-state index is 0.0112. The fourth-order valence-corrected chi connectivity index (χ4v) is 4.77. The summed E-state index contributed by atoms with van der Waals surface area (Å²) in [5, 5.41) is 0. The quantitative estimate of drug-likeness (QED) is 0.502. The predicted molar refractivity (Wildman–Crippen MR) is 130 cm³/mol. The fraction of sp³-hybridized carbons (Fsp3) is 0.360. The van der Waals surface area contributed by atoms with E-state index in [0.29, 0.717) is 12.1 Å². The smallest absolute Gasteiger partial charge is 0.414 e. The van der Waals surface area contributed by atoms with Gasteiger partial charge < -0.3 is 14.4 Å². The van der Waals surface area contributed by atoms with Gasteiger partial charge in [0.25, 0.3) is 0 Å². The Hall–Kier alpha value is -4.22. The van der Waals surface area contributed by atoms with Gasteiger partial charge in [0.2, 0.25) is 0 Å². The zero-order valence-corrected chi connectivity index (χ0v) is 20.1. The number of Topliss-reactive ketones (excluding diaryl/α,β-unsaturated/α-hetero) is 1. The number of hydrogen-bond donors (Lipinski definition) is 0. The third-order valence-electron chi connectivity index (χ3n) is 6.62. The number of nitrogens with zero attached hydrogens (tertiary/aromatic N) is 5. The molecule has 0 bridgehead atoms. The van der Waals surface area contributed by atoms with Crippen LogP contribution in [-0.2, 0) is 22.6 Å². The van der Waals surface area contributed by atoms with Gasteiger partial charge in [-0.2, -0.15) is 0 Å². The van der Waals surface area contributed by atoms with Crippen molar-refractivity contribution in [2.24, 2.45) is 0 Å². The Balaban J connectivity index is 1.36. The van der Waals surface area contributed by atoms with Crippen LogP contribution in [0.5, 0.6) is 0 Å². The minimum atomic E-state index is -0.879. The van der Waals surface area contributed by atoms with Gasteiger partial charge >= 0.3 is 17.5 Å². The summed E-state index contributed by atoms with van der Waals surface area (Å²) in [5.74, 6) is -1.80. The van der Waals surface area contributed by atoms with Gasteiger partial charge in [0.15, 0.2) is 11.6 Å². The molecule has 0 radical (unpaired) electrons. The summed E-state index contributed by atoms with van der Waals surface area (Å²) < 4.78 is 39.3. The van der Waals surface area contributed by atoms with Gasteiger partial charge in [0, 0.05) is 31.6 Å². The van der Waals surface area contributed by atoms with E-state index in [2.05, 4.69) is 0 Å². The van der Waals surface area contributed by atoms with Crippen molar-refractivity contribution in [2.45, 2.75) is 39.0 Å². The van der Waals surface area contributed by atoms with Crippen molar-refractivity contribution in [3.05, 3.63) is 75.1 Å². The number of halogens is 2. The van der Waals surface area contributed by atoms with Crippen molar-refractivity contribution in [2.75, 3.05) is 29.4 Å². The van der Waals surface area contributed by atoms with Crippen molar-refractivity contribution in [1.29, 1.82) is 0 Å². The molecule has 1 fully saturated rings. The highest BCUT2D eigenvalue weighted by Crippen LogP contribution is 2.32. The van der Waals surface area contributed by atoms with Gasteiger partial charge in [-0.15, -0.1) is 0 Å². The first-order valence-electron chi connectivity index (χ1n) is 11.9. The van der Waals surface area contributed by atoms with E-state index in [1.807, 2.05) is 0 Å². The number of anilines is 2. The number of ether oxygens (including phenoxy) is 1. The molecule has 12 heteroatoms. The van der Waals surface area contributed by atoms with Crippen LogP contribution in [0, 0.1) is 11.6 Å². The van der Waals surface area contributed by atoms with Crippen molar-refractivity contribution in [1.82, 2.24) is 13.9 Å². The molecular formula is C25H25F2N5O5. The van der Waals surface area contributed by atoms with E-state index >= 15 is 8.78 Å². The first-order valence-corrected chi connectivity index (χ1v) is 11.9. The molecule has 0 aliphatic carbocycles. The van der Waals surface area contributed by atoms with Gasteiger partial charge in [-0.25, -0.2) is 37.1 Å². The minimum Gasteiger partial charge on any atom is -0.444 e. The largest absolute Gasteiger partial charge is 0.444 e. The van der Waals surface area contributed by atoms with E-state index in [1.165, 1.54) is 21.2 Å². The number of hydrogen-bond acceptors (Lipinski definition) is 6. The standard InChI is InChI=1S/C25H25F2N5O5/c1-16(33)7-8-19-15-29(25(36)37-19)18-13-20(26)22(21(27)14-18)28-9-11-30-23(34)32(17-5-3-2-4-6-17)24(35)31(30)12-10-28/h2-6,13-14,19H,7-12,15H2,1H3/t19-/m0/s1. The monoisotopic (exact) mass is 513 g/mol. The topological polar surface area (TPSA) is 98.8 Å². The molecule has 2 aromatic carbocycles. The third-order valence-corrected chi connectivity index (χ3v) is 6.62. The Morgan fingerprint density at radius 3 is 2.08 bits per heavy atom. The van der Waals surface area contributed by atoms with Crippen LogP contribution in [0.2, 0.25) is 0 Å². The van der Waals surface area contributed by atoms with Crippen LogP contribution in [0.3, 0.4) is 0 Å². The first-order chi connectivity index (χ1) is 17.7. The third kappa shape index (κ3) is 4.54. The van der Waals surface area contributed by atoms with Crippen LogP contribution in [0.1, 0.15) is 19.8 Å². The van der Waals surface area contributed by atoms with E-state index in [9.17, 15) is 19.2 Å². The molecule has 1 saturated heterocycles. The molecule has 10 nitrogen and oxygen atoms in total. The lowest BCUT2D eigenvalue weighted by atomic mass is 10.1. The molecule has 37 heavy (non-hydrogen) atoms. The Morgan fingerprint density at radius 2 is 1.51 bits per heavy atom. The lowest BCUT2D eigenvalue weighted by Crippen LogP contribution is -2.33. The van der Waals surface area contributed by atoms with Crippen molar-refractivity contribution >= 4 is 23.3 Å². The van der Waals surface area contributed by atoms with E-state index in [-0.39, 0.29) is 56.3 Å². The highest BCUT2D eigenvalue weighted by molar-refractivity contribution is 5.90. The molecular weight excluding hydrogens is 488 g/mol. The van der Waals surface area contributed by atoms with Gasteiger partial charge in [0.1, 0.15) is 17.6 Å². The van der Waals surface area contributed by atoms with Gasteiger partial charge in [-0.3, -0.25) is 4.90 Å². The van der Waals surface area contributed by atoms with E-state index < -0.39 is 35.2 Å². The number of amides is 1. The van der Waals surface area contributed by atoms with Crippen LogP contribution in [0.25, 0.3) is 5.69 Å². The second-order valence-electron chi connectivity index (χ2n) is 9.08. The number of rotatable bonds is 6. The summed E-state index contributed by atoms with van der Waals surface area (Å²) in [6.45, 7) is 1.79. The second kappa shape index (κ2) is 9.68. The SMILES string of the molecule is CC(=O)CC[C@H]1CN(c2cc(F)c(N3CCn4c(=O)n(-c5ccccc5)c(=O)n4CC3)c(F)c2)C(=O)O1. The summed E-state index contributed by atoms with van der Waals surface area (Å²) in [6.07, 6.45) is -0.699. The average Bonchev–Trinajstić information content (AvgIpc) is 3.24. The molecule has 194 valence electrons. The van der Waals surface area contributed by atoms with Crippen molar-refractivity contribution in [3.8, 4) is 5.69 Å². The molecule has 2 aliphatic heterocycles. The maximum absolute atomic E-state index is 15.2. The molecule has 5 rings (SSSR count). The zero-order valence-electron chi connectivity index (χ0n) is 20.1. The molecule has 0 spiro atoms. The Kier molecular flexibility index (Phi) is 6.40. The first kappa shape index (κ1) is 24.5. The summed E-state index contributed by atoms with van der Waals surface area (Å²) in [6, 6.07) is 10.7. The van der Waals surface area contributed by atoms with Crippen LogP contribution in [0.4, 0.5) is 25.0 Å². The predicted octanol–water partition coefficient (Wildman–Crippen LogP) is 2.29. The molecule has 1 aromatic heterocycles. The van der Waals surface area contributed by atoms with Crippen LogP contribution >= 0.6 is 0 Å². The van der Waals surface area contributed by atoms with E-state index in [0.717, 1.165) is 21.6 Å². The number of carbonyl (C=O) groups excluding carboxylic acids is 2. The Morgan fingerprint density at radius 1 is 0.919 bits per heavy atom. The highest BCUT2D eigenvalue weighted by atomic mass is 19.1. The molecule has 0 unspecified atom stereocenters. The van der Waals surface area contributed by atoms with Gasteiger partial charge in [-0.1, -0.05) is 18.2 Å². The number of aromatic nitrogens is 3.